The Morgan fingerprint density at radius 3 is 2.10 bits per heavy atom. The summed E-state index contributed by atoms with van der Waals surface area (Å²) in [6.07, 6.45) is -0.294. The highest BCUT2D eigenvalue weighted by Gasteiger charge is 2.25. The van der Waals surface area contributed by atoms with Crippen LogP contribution in [-0.4, -0.2) is 18.0 Å². The highest BCUT2D eigenvalue weighted by Crippen LogP contribution is 2.28. The van der Waals surface area contributed by atoms with Gasteiger partial charge in [0.05, 0.1) is 5.92 Å². The molecule has 2 atom stereocenters. The van der Waals surface area contributed by atoms with Gasteiger partial charge in [0.2, 0.25) is 0 Å². The third kappa shape index (κ3) is 5.11. The maximum absolute atomic E-state index is 12.7. The minimum absolute atomic E-state index is 0.357. The summed E-state index contributed by atoms with van der Waals surface area (Å²) in [6.45, 7) is 3.52. The highest BCUT2D eigenvalue weighted by molar-refractivity contribution is 5.98. The molecule has 3 aromatic rings. The third-order valence-corrected chi connectivity index (χ3v) is 4.83. The molecule has 0 radical (unpaired) electrons. The van der Waals surface area contributed by atoms with Crippen molar-refractivity contribution in [3.63, 3.8) is 0 Å². The van der Waals surface area contributed by atoms with Gasteiger partial charge in [-0.1, -0.05) is 85.8 Å². The lowest BCUT2D eigenvalue weighted by Crippen LogP contribution is -2.32. The van der Waals surface area contributed by atoms with E-state index in [1.165, 1.54) is 0 Å². The number of hydrogen-bond donors (Lipinski definition) is 1. The Hall–Kier alpha value is -3.40. The molecular formula is C25H25NO3. The monoisotopic (exact) mass is 387 g/mol. The zero-order valence-electron chi connectivity index (χ0n) is 16.7. The lowest BCUT2D eigenvalue weighted by molar-refractivity contribution is -0.154. The first kappa shape index (κ1) is 20.3. The van der Waals surface area contributed by atoms with Gasteiger partial charge in [-0.05, 0) is 30.5 Å². The molecule has 1 amide bonds. The number of benzene rings is 3. The van der Waals surface area contributed by atoms with Gasteiger partial charge in [0, 0.05) is 11.3 Å². The van der Waals surface area contributed by atoms with Crippen molar-refractivity contribution in [2.24, 2.45) is 0 Å². The smallest absolute Gasteiger partial charge is 0.314 e. The fraction of sp³-hybridized carbons (Fsp3) is 0.200. The fourth-order valence-electron chi connectivity index (χ4n) is 3.23. The van der Waals surface area contributed by atoms with E-state index in [0.717, 1.165) is 16.7 Å². The quantitative estimate of drug-likeness (QED) is 0.551. The van der Waals surface area contributed by atoms with Gasteiger partial charge in [-0.3, -0.25) is 9.59 Å². The van der Waals surface area contributed by atoms with Crippen molar-refractivity contribution in [1.29, 1.82) is 0 Å². The van der Waals surface area contributed by atoms with Crippen LogP contribution in [0.15, 0.2) is 84.9 Å². The lowest BCUT2D eigenvalue weighted by Gasteiger charge is -2.19. The molecule has 4 nitrogen and oxygen atoms in total. The molecule has 0 bridgehead atoms. The van der Waals surface area contributed by atoms with Crippen LogP contribution in [0.3, 0.4) is 0 Å². The normalized spacial score (nSPS) is 12.6. The number of ether oxygens (including phenoxy) is 1. The number of nitrogens with one attached hydrogen (secondary N) is 1. The Morgan fingerprint density at radius 2 is 1.45 bits per heavy atom. The number of rotatable bonds is 7. The fourth-order valence-corrected chi connectivity index (χ4v) is 3.23. The highest BCUT2D eigenvalue weighted by atomic mass is 16.5. The summed E-state index contributed by atoms with van der Waals surface area (Å²) >= 11 is 0. The standard InChI is InChI=1S/C25H25NO3/c1-3-21(19-12-6-4-7-13-19)25(28)29-18(2)24(27)26-23-17-11-10-16-22(23)20-14-8-5-9-15-20/h4-18,21H,3H2,1-2H3,(H,26,27)/t18-,21+/m0/s1. The second-order valence-corrected chi connectivity index (χ2v) is 6.85. The van der Waals surface area contributed by atoms with Gasteiger partial charge in [-0.25, -0.2) is 0 Å². The Kier molecular flexibility index (Phi) is 6.80. The van der Waals surface area contributed by atoms with Crippen LogP contribution in [0.2, 0.25) is 0 Å². The van der Waals surface area contributed by atoms with Gasteiger partial charge >= 0.3 is 5.97 Å². The molecule has 0 aliphatic rings. The van der Waals surface area contributed by atoms with Crippen molar-refractivity contribution < 1.29 is 14.3 Å². The van der Waals surface area contributed by atoms with Crippen molar-refractivity contribution in [2.75, 3.05) is 5.32 Å². The molecule has 29 heavy (non-hydrogen) atoms. The predicted octanol–water partition coefficient (Wildman–Crippen LogP) is 5.42. The van der Waals surface area contributed by atoms with Crippen LogP contribution < -0.4 is 5.32 Å². The maximum Gasteiger partial charge on any atom is 0.314 e. The topological polar surface area (TPSA) is 55.4 Å². The first-order chi connectivity index (χ1) is 14.1. The Balaban J connectivity index is 1.69. The molecule has 0 saturated carbocycles. The Labute approximate surface area is 171 Å². The first-order valence-electron chi connectivity index (χ1n) is 9.81. The minimum Gasteiger partial charge on any atom is -0.452 e. The summed E-state index contributed by atoms with van der Waals surface area (Å²) in [7, 11) is 0. The number of para-hydroxylation sites is 1. The predicted molar refractivity (Wildman–Crippen MR) is 116 cm³/mol. The van der Waals surface area contributed by atoms with Crippen LogP contribution >= 0.6 is 0 Å². The molecule has 3 rings (SSSR count). The summed E-state index contributed by atoms with van der Waals surface area (Å²) in [5, 5.41) is 2.89. The van der Waals surface area contributed by atoms with E-state index in [1.807, 2.05) is 91.9 Å². The van der Waals surface area contributed by atoms with Crippen LogP contribution in [0.25, 0.3) is 11.1 Å². The molecular weight excluding hydrogens is 362 g/mol. The number of esters is 1. The number of carbonyl (C=O) groups excluding carboxylic acids is 2. The number of amides is 1. The van der Waals surface area contributed by atoms with Crippen LogP contribution in [0.1, 0.15) is 31.7 Å². The van der Waals surface area contributed by atoms with E-state index in [9.17, 15) is 9.59 Å². The molecule has 0 aromatic heterocycles. The molecule has 0 aliphatic heterocycles. The molecule has 4 heteroatoms. The summed E-state index contributed by atoms with van der Waals surface area (Å²) < 4.78 is 5.49. The van der Waals surface area contributed by atoms with Crippen LogP contribution in [0, 0.1) is 0 Å². The Morgan fingerprint density at radius 1 is 0.862 bits per heavy atom. The van der Waals surface area contributed by atoms with Gasteiger partial charge in [0.15, 0.2) is 6.10 Å². The molecule has 0 unspecified atom stereocenters. The van der Waals surface area contributed by atoms with Gasteiger partial charge in [-0.15, -0.1) is 0 Å². The number of anilines is 1. The van der Waals surface area contributed by atoms with Crippen molar-refractivity contribution in [3.8, 4) is 11.1 Å². The zero-order valence-corrected chi connectivity index (χ0v) is 16.7. The van der Waals surface area contributed by atoms with E-state index in [2.05, 4.69) is 5.32 Å². The van der Waals surface area contributed by atoms with Crippen LogP contribution in [-0.2, 0) is 14.3 Å². The molecule has 3 aromatic carbocycles. The zero-order chi connectivity index (χ0) is 20.6. The SMILES string of the molecule is CC[C@@H](C(=O)O[C@@H](C)C(=O)Nc1ccccc1-c1ccccc1)c1ccccc1. The maximum atomic E-state index is 12.7. The molecule has 0 heterocycles. The van der Waals surface area contributed by atoms with Crippen molar-refractivity contribution in [3.05, 3.63) is 90.5 Å². The molecule has 0 aliphatic carbocycles. The molecule has 1 N–H and O–H groups in total. The summed E-state index contributed by atoms with van der Waals surface area (Å²) in [5.74, 6) is -1.13. The van der Waals surface area contributed by atoms with Gasteiger partial charge in [-0.2, -0.15) is 0 Å². The van der Waals surface area contributed by atoms with E-state index < -0.39 is 12.1 Å². The van der Waals surface area contributed by atoms with Crippen molar-refractivity contribution >= 4 is 17.6 Å². The van der Waals surface area contributed by atoms with Crippen molar-refractivity contribution in [1.82, 2.24) is 0 Å². The van der Waals surface area contributed by atoms with Gasteiger partial charge in [0.25, 0.3) is 5.91 Å². The van der Waals surface area contributed by atoms with Gasteiger partial charge in [0.1, 0.15) is 0 Å². The Bertz CT molecular complexity index is 954. The molecule has 148 valence electrons. The third-order valence-electron chi connectivity index (χ3n) is 4.83. The molecule has 0 saturated heterocycles. The first-order valence-corrected chi connectivity index (χ1v) is 9.81. The van der Waals surface area contributed by atoms with E-state index in [-0.39, 0.29) is 11.8 Å². The van der Waals surface area contributed by atoms with E-state index in [1.54, 1.807) is 6.92 Å². The average Bonchev–Trinajstić information content (AvgIpc) is 2.76. The number of carbonyl (C=O) groups is 2. The van der Waals surface area contributed by atoms with Crippen LogP contribution in [0.5, 0.6) is 0 Å². The van der Waals surface area contributed by atoms with Crippen molar-refractivity contribution in [2.45, 2.75) is 32.3 Å². The molecule has 0 spiro atoms. The van der Waals surface area contributed by atoms with E-state index >= 15 is 0 Å². The van der Waals surface area contributed by atoms with E-state index in [4.69, 9.17) is 4.74 Å². The second-order valence-electron chi connectivity index (χ2n) is 6.85. The summed E-state index contributed by atoms with van der Waals surface area (Å²) in [5.41, 5.74) is 3.49. The van der Waals surface area contributed by atoms with Crippen LogP contribution in [0.4, 0.5) is 5.69 Å². The second kappa shape index (κ2) is 9.69. The van der Waals surface area contributed by atoms with E-state index in [0.29, 0.717) is 12.1 Å². The largest absolute Gasteiger partial charge is 0.452 e. The molecule has 0 fully saturated rings. The minimum atomic E-state index is -0.899. The number of hydrogen-bond acceptors (Lipinski definition) is 3. The van der Waals surface area contributed by atoms with Gasteiger partial charge < -0.3 is 10.1 Å². The summed E-state index contributed by atoms with van der Waals surface area (Å²) in [4.78, 5) is 25.3. The average molecular weight is 387 g/mol. The lowest BCUT2D eigenvalue weighted by atomic mass is 9.97. The summed E-state index contributed by atoms with van der Waals surface area (Å²) in [6, 6.07) is 26.9.